The molecule has 1 fully saturated rings. The summed E-state index contributed by atoms with van der Waals surface area (Å²) in [5, 5.41) is 6.06. The van der Waals surface area contributed by atoms with Crippen molar-refractivity contribution in [1.29, 1.82) is 0 Å². The Morgan fingerprint density at radius 2 is 1.80 bits per heavy atom. The molecule has 0 saturated carbocycles. The van der Waals surface area contributed by atoms with Crippen LogP contribution in [0.25, 0.3) is 0 Å². The van der Waals surface area contributed by atoms with Crippen molar-refractivity contribution < 1.29 is 9.59 Å². The normalized spacial score (nSPS) is 19.4. The predicted octanol–water partition coefficient (Wildman–Crippen LogP) is 1.60. The minimum absolute atomic E-state index is 0.186. The quantitative estimate of drug-likeness (QED) is 0.647. The standard InChI is InChI=1S/C16H15Cl2N5O2/c17-10-2-1-3-11(18)13(10)15(24)22-12-8-20-23-14(12)16(25)21-9-4-6-19-7-5-9/h1-7,12,14,20,23H,8H2,(H,22,24)(H,19,21,25). The van der Waals surface area contributed by atoms with Gasteiger partial charge < -0.3 is 10.6 Å². The van der Waals surface area contributed by atoms with Gasteiger partial charge in [-0.25, -0.2) is 5.43 Å². The van der Waals surface area contributed by atoms with Crippen LogP contribution in [0.1, 0.15) is 10.4 Å². The van der Waals surface area contributed by atoms with Crippen LogP contribution in [0.5, 0.6) is 0 Å². The van der Waals surface area contributed by atoms with Gasteiger partial charge in [-0.15, -0.1) is 0 Å². The number of amides is 2. The lowest BCUT2D eigenvalue weighted by molar-refractivity contribution is -0.118. The Morgan fingerprint density at radius 3 is 2.48 bits per heavy atom. The van der Waals surface area contributed by atoms with Gasteiger partial charge in [0, 0.05) is 24.6 Å². The summed E-state index contributed by atoms with van der Waals surface area (Å²) in [5.74, 6) is -0.723. The number of carbonyl (C=O) groups excluding carboxylic acids is 2. The molecule has 2 amide bonds. The Kier molecular flexibility index (Phi) is 5.50. The van der Waals surface area contributed by atoms with Gasteiger partial charge in [-0.1, -0.05) is 29.3 Å². The van der Waals surface area contributed by atoms with Gasteiger partial charge >= 0.3 is 0 Å². The van der Waals surface area contributed by atoms with Gasteiger partial charge in [0.2, 0.25) is 5.91 Å². The van der Waals surface area contributed by atoms with Crippen molar-refractivity contribution in [1.82, 2.24) is 21.2 Å². The van der Waals surface area contributed by atoms with Crippen molar-refractivity contribution in [2.45, 2.75) is 12.1 Å². The third kappa shape index (κ3) is 4.08. The third-order valence-electron chi connectivity index (χ3n) is 3.72. The molecule has 1 saturated heterocycles. The Labute approximate surface area is 154 Å². The van der Waals surface area contributed by atoms with Gasteiger partial charge in [0.25, 0.3) is 5.91 Å². The number of nitrogens with one attached hydrogen (secondary N) is 4. The molecule has 2 heterocycles. The number of nitrogens with zero attached hydrogens (tertiary/aromatic N) is 1. The first-order valence-electron chi connectivity index (χ1n) is 7.50. The molecule has 1 aliphatic heterocycles. The lowest BCUT2D eigenvalue weighted by atomic mass is 10.1. The lowest BCUT2D eigenvalue weighted by Crippen LogP contribution is -2.51. The van der Waals surface area contributed by atoms with Crippen LogP contribution in [0.2, 0.25) is 10.0 Å². The first-order chi connectivity index (χ1) is 12.1. The number of hydrogen-bond acceptors (Lipinski definition) is 5. The van der Waals surface area contributed by atoms with E-state index in [9.17, 15) is 9.59 Å². The smallest absolute Gasteiger partial charge is 0.254 e. The summed E-state index contributed by atoms with van der Waals surface area (Å²) in [6.45, 7) is 0.377. The van der Waals surface area contributed by atoms with Gasteiger partial charge in [-0.05, 0) is 24.3 Å². The van der Waals surface area contributed by atoms with E-state index in [1.165, 1.54) is 0 Å². The Hall–Kier alpha value is -2.19. The molecule has 130 valence electrons. The molecule has 4 N–H and O–H groups in total. The van der Waals surface area contributed by atoms with Gasteiger partial charge in [-0.2, -0.15) is 0 Å². The second-order valence-corrected chi connectivity index (χ2v) is 6.22. The van der Waals surface area contributed by atoms with E-state index in [2.05, 4.69) is 26.5 Å². The van der Waals surface area contributed by atoms with E-state index in [1.54, 1.807) is 42.7 Å². The molecule has 1 aromatic carbocycles. The Bertz CT molecular complexity index is 767. The summed E-state index contributed by atoms with van der Waals surface area (Å²) >= 11 is 12.1. The van der Waals surface area contributed by atoms with Gasteiger partial charge in [0.15, 0.2) is 0 Å². The number of hydrazine groups is 1. The van der Waals surface area contributed by atoms with Gasteiger partial charge in [-0.3, -0.25) is 20.0 Å². The highest BCUT2D eigenvalue weighted by atomic mass is 35.5. The molecule has 25 heavy (non-hydrogen) atoms. The second kappa shape index (κ2) is 7.79. The molecule has 3 rings (SSSR count). The first kappa shape index (κ1) is 17.6. The Balaban J connectivity index is 1.69. The van der Waals surface area contributed by atoms with Crippen molar-refractivity contribution in [3.8, 4) is 0 Å². The summed E-state index contributed by atoms with van der Waals surface area (Å²) in [4.78, 5) is 28.8. The molecule has 2 atom stereocenters. The van der Waals surface area contributed by atoms with Crippen molar-refractivity contribution >= 4 is 40.7 Å². The number of carbonyl (C=O) groups is 2. The molecular formula is C16H15Cl2N5O2. The molecule has 1 aliphatic rings. The zero-order valence-corrected chi connectivity index (χ0v) is 14.4. The van der Waals surface area contributed by atoms with Crippen LogP contribution in [-0.2, 0) is 4.79 Å². The molecule has 2 unspecified atom stereocenters. The number of halogens is 2. The summed E-state index contributed by atoms with van der Waals surface area (Å²) in [6, 6.07) is 7.06. The molecule has 9 heteroatoms. The summed E-state index contributed by atoms with van der Waals surface area (Å²) in [7, 11) is 0. The van der Waals surface area contributed by atoms with Crippen LogP contribution in [0, 0.1) is 0 Å². The second-order valence-electron chi connectivity index (χ2n) is 5.40. The molecule has 7 nitrogen and oxygen atoms in total. The molecule has 0 spiro atoms. The van der Waals surface area contributed by atoms with Crippen molar-refractivity contribution in [2.24, 2.45) is 0 Å². The number of aromatic nitrogens is 1. The fourth-order valence-electron chi connectivity index (χ4n) is 2.49. The van der Waals surface area contributed by atoms with Crippen molar-refractivity contribution in [3.63, 3.8) is 0 Å². The molecule has 1 aromatic heterocycles. The molecule has 0 aliphatic carbocycles. The van der Waals surface area contributed by atoms with Crippen LogP contribution in [0.3, 0.4) is 0 Å². The maximum absolute atomic E-state index is 12.5. The fourth-order valence-corrected chi connectivity index (χ4v) is 3.06. The van der Waals surface area contributed by atoms with E-state index in [0.717, 1.165) is 0 Å². The highest BCUT2D eigenvalue weighted by Crippen LogP contribution is 2.24. The van der Waals surface area contributed by atoms with E-state index in [1.807, 2.05) is 0 Å². The topological polar surface area (TPSA) is 95.2 Å². The zero-order valence-electron chi connectivity index (χ0n) is 12.9. The van der Waals surface area contributed by atoms with E-state index < -0.39 is 18.0 Å². The highest BCUT2D eigenvalue weighted by Gasteiger charge is 2.34. The SMILES string of the molecule is O=C(NC1CNNC1C(=O)Nc1ccncc1)c1c(Cl)cccc1Cl. The summed E-state index contributed by atoms with van der Waals surface area (Å²) < 4.78 is 0. The van der Waals surface area contributed by atoms with E-state index in [0.29, 0.717) is 12.2 Å². The number of rotatable bonds is 4. The van der Waals surface area contributed by atoms with E-state index in [-0.39, 0.29) is 21.5 Å². The monoisotopic (exact) mass is 379 g/mol. The van der Waals surface area contributed by atoms with Crippen molar-refractivity contribution in [2.75, 3.05) is 11.9 Å². The minimum Gasteiger partial charge on any atom is -0.346 e. The van der Waals surface area contributed by atoms with Crippen molar-refractivity contribution in [3.05, 3.63) is 58.3 Å². The van der Waals surface area contributed by atoms with E-state index in [4.69, 9.17) is 23.2 Å². The minimum atomic E-state index is -0.654. The number of anilines is 1. The largest absolute Gasteiger partial charge is 0.346 e. The molecule has 0 radical (unpaired) electrons. The highest BCUT2D eigenvalue weighted by molar-refractivity contribution is 6.39. The number of hydrogen-bond donors (Lipinski definition) is 4. The molecule has 2 aromatic rings. The fraction of sp³-hybridized carbons (Fsp3) is 0.188. The maximum Gasteiger partial charge on any atom is 0.254 e. The first-order valence-corrected chi connectivity index (χ1v) is 8.26. The van der Waals surface area contributed by atoms with Gasteiger partial charge in [0.1, 0.15) is 6.04 Å². The average molecular weight is 380 g/mol. The van der Waals surface area contributed by atoms with Crippen LogP contribution in [-0.4, -0.2) is 35.4 Å². The average Bonchev–Trinajstić information content (AvgIpc) is 3.04. The third-order valence-corrected chi connectivity index (χ3v) is 4.35. The Morgan fingerprint density at radius 1 is 1.12 bits per heavy atom. The van der Waals surface area contributed by atoms with Gasteiger partial charge in [0.05, 0.1) is 21.7 Å². The van der Waals surface area contributed by atoms with E-state index >= 15 is 0 Å². The van der Waals surface area contributed by atoms with Crippen LogP contribution >= 0.6 is 23.2 Å². The summed E-state index contributed by atoms with van der Waals surface area (Å²) in [5.41, 5.74) is 6.53. The predicted molar refractivity (Wildman–Crippen MR) is 95.5 cm³/mol. The zero-order chi connectivity index (χ0) is 17.8. The molecule has 0 bridgehead atoms. The van der Waals surface area contributed by atoms with Crippen LogP contribution in [0.4, 0.5) is 5.69 Å². The maximum atomic E-state index is 12.5. The van der Waals surface area contributed by atoms with Crippen LogP contribution < -0.4 is 21.5 Å². The number of pyridine rings is 1. The number of benzene rings is 1. The summed E-state index contributed by atoms with van der Waals surface area (Å²) in [6.07, 6.45) is 3.16. The lowest BCUT2D eigenvalue weighted by Gasteiger charge is -2.20. The molecular weight excluding hydrogens is 365 g/mol. The van der Waals surface area contributed by atoms with Crippen LogP contribution in [0.15, 0.2) is 42.7 Å².